The Bertz CT molecular complexity index is 967. The van der Waals surface area contributed by atoms with Gasteiger partial charge < -0.3 is 10.0 Å². The van der Waals surface area contributed by atoms with Gasteiger partial charge in [-0.1, -0.05) is 25.0 Å². The number of hydrogen-bond acceptors (Lipinski definition) is 4. The van der Waals surface area contributed by atoms with Gasteiger partial charge >= 0.3 is 5.97 Å². The first-order valence-corrected chi connectivity index (χ1v) is 9.46. The van der Waals surface area contributed by atoms with Crippen molar-refractivity contribution in [2.75, 3.05) is 0 Å². The number of carboxylic acids is 1. The molecule has 4 rings (SSSR count). The van der Waals surface area contributed by atoms with Gasteiger partial charge in [0, 0.05) is 6.04 Å². The standard InChI is InChI=1S/C20H23N3O4/c1-12-5-4-7-14-18(12)21-11-22(19(14)25)10-17(24)23-15-8-3-2-6-13(15)9-16(23)20(26)27/h4-5,7,11,13,15-16H,2-3,6,8-10H2,1H3,(H,26,27)/t13-,15+,16+/m1/s1. The van der Waals surface area contributed by atoms with E-state index in [1.807, 2.05) is 13.0 Å². The lowest BCUT2D eigenvalue weighted by atomic mass is 9.85. The molecular weight excluding hydrogens is 346 g/mol. The second-order valence-electron chi connectivity index (χ2n) is 7.65. The normalized spacial score (nSPS) is 24.8. The number of para-hydroxylation sites is 1. The van der Waals surface area contributed by atoms with Crippen LogP contribution in [0.25, 0.3) is 10.9 Å². The van der Waals surface area contributed by atoms with Crippen LogP contribution in [0, 0.1) is 12.8 Å². The van der Waals surface area contributed by atoms with Crippen molar-refractivity contribution in [3.8, 4) is 0 Å². The Morgan fingerprint density at radius 2 is 2.04 bits per heavy atom. The average Bonchev–Trinajstić information content (AvgIpc) is 3.04. The third kappa shape index (κ3) is 3.01. The van der Waals surface area contributed by atoms with Crippen molar-refractivity contribution in [3.63, 3.8) is 0 Å². The number of aromatic nitrogens is 2. The molecule has 2 fully saturated rings. The largest absolute Gasteiger partial charge is 0.480 e. The number of fused-ring (bicyclic) bond motifs is 2. The van der Waals surface area contributed by atoms with Crippen LogP contribution in [-0.2, 0) is 16.1 Å². The Kier molecular flexibility index (Phi) is 4.45. The van der Waals surface area contributed by atoms with Gasteiger partial charge in [0.15, 0.2) is 0 Å². The van der Waals surface area contributed by atoms with Crippen molar-refractivity contribution in [1.29, 1.82) is 0 Å². The zero-order chi connectivity index (χ0) is 19.1. The van der Waals surface area contributed by atoms with Gasteiger partial charge in [0.25, 0.3) is 5.56 Å². The van der Waals surface area contributed by atoms with Gasteiger partial charge in [-0.3, -0.25) is 14.2 Å². The van der Waals surface area contributed by atoms with E-state index >= 15 is 0 Å². The Balaban J connectivity index is 1.65. The maximum atomic E-state index is 13.0. The first kappa shape index (κ1) is 17.7. The Morgan fingerprint density at radius 1 is 1.26 bits per heavy atom. The third-order valence-electron chi connectivity index (χ3n) is 6.02. The molecule has 2 aliphatic rings. The zero-order valence-corrected chi connectivity index (χ0v) is 15.3. The lowest BCUT2D eigenvalue weighted by Gasteiger charge is -2.33. The summed E-state index contributed by atoms with van der Waals surface area (Å²) in [7, 11) is 0. The topological polar surface area (TPSA) is 92.5 Å². The summed E-state index contributed by atoms with van der Waals surface area (Å²) in [5.41, 5.74) is 1.25. The first-order valence-electron chi connectivity index (χ1n) is 9.46. The summed E-state index contributed by atoms with van der Waals surface area (Å²) in [6.45, 7) is 1.71. The minimum Gasteiger partial charge on any atom is -0.480 e. The molecule has 1 aliphatic heterocycles. The van der Waals surface area contributed by atoms with Crippen LogP contribution in [0.15, 0.2) is 29.3 Å². The van der Waals surface area contributed by atoms with E-state index in [1.165, 1.54) is 15.8 Å². The van der Waals surface area contributed by atoms with Crippen LogP contribution in [0.5, 0.6) is 0 Å². The number of nitrogens with zero attached hydrogens (tertiary/aromatic N) is 3. The van der Waals surface area contributed by atoms with Crippen molar-refractivity contribution in [2.24, 2.45) is 5.92 Å². The molecule has 0 radical (unpaired) electrons. The molecule has 1 amide bonds. The number of likely N-dealkylation sites (tertiary alicyclic amines) is 1. The van der Waals surface area contributed by atoms with Gasteiger partial charge in [-0.2, -0.15) is 0 Å². The maximum Gasteiger partial charge on any atom is 0.326 e. The molecule has 1 aliphatic carbocycles. The summed E-state index contributed by atoms with van der Waals surface area (Å²) in [5, 5.41) is 10.1. The number of amides is 1. The molecule has 2 heterocycles. The monoisotopic (exact) mass is 369 g/mol. The number of carbonyl (C=O) groups is 2. The summed E-state index contributed by atoms with van der Waals surface area (Å²) < 4.78 is 1.29. The van der Waals surface area contributed by atoms with Gasteiger partial charge in [0.1, 0.15) is 12.6 Å². The second-order valence-corrected chi connectivity index (χ2v) is 7.65. The van der Waals surface area contributed by atoms with Crippen LogP contribution in [0.4, 0.5) is 0 Å². The predicted octanol–water partition coefficient (Wildman–Crippen LogP) is 1.95. The van der Waals surface area contributed by atoms with Crippen molar-refractivity contribution >= 4 is 22.8 Å². The van der Waals surface area contributed by atoms with E-state index in [0.717, 1.165) is 31.2 Å². The number of carboxylic acid groups (broad SMARTS) is 1. The molecule has 0 spiro atoms. The van der Waals surface area contributed by atoms with Crippen molar-refractivity contribution in [3.05, 3.63) is 40.4 Å². The maximum absolute atomic E-state index is 13.0. The third-order valence-corrected chi connectivity index (χ3v) is 6.02. The van der Waals surface area contributed by atoms with Gasteiger partial charge in [0.05, 0.1) is 17.2 Å². The first-order chi connectivity index (χ1) is 13.0. The highest BCUT2D eigenvalue weighted by Crippen LogP contribution is 2.39. The average molecular weight is 369 g/mol. The van der Waals surface area contributed by atoms with Crippen LogP contribution < -0.4 is 5.56 Å². The fraction of sp³-hybridized carbons (Fsp3) is 0.500. The molecule has 1 aromatic heterocycles. The molecule has 0 unspecified atom stereocenters. The SMILES string of the molecule is Cc1cccc2c(=O)n(CC(=O)N3[C@H](C(=O)O)C[C@H]4CCCC[C@@H]43)cnc12. The van der Waals surface area contributed by atoms with Gasteiger partial charge in [0.2, 0.25) is 5.91 Å². The summed E-state index contributed by atoms with van der Waals surface area (Å²) in [5.74, 6) is -1.03. The highest BCUT2D eigenvalue weighted by atomic mass is 16.4. The smallest absolute Gasteiger partial charge is 0.326 e. The summed E-state index contributed by atoms with van der Waals surface area (Å²) in [4.78, 5) is 43.4. The molecule has 2 aromatic rings. The molecule has 1 aromatic carbocycles. The molecule has 27 heavy (non-hydrogen) atoms. The molecule has 1 saturated carbocycles. The number of benzene rings is 1. The minimum absolute atomic E-state index is 0.0290. The molecule has 0 bridgehead atoms. The highest BCUT2D eigenvalue weighted by molar-refractivity contribution is 5.85. The van der Waals surface area contributed by atoms with Crippen LogP contribution in [0.3, 0.4) is 0 Å². The summed E-state index contributed by atoms with van der Waals surface area (Å²) >= 11 is 0. The number of aliphatic carboxylic acids is 1. The molecule has 7 nitrogen and oxygen atoms in total. The van der Waals surface area contributed by atoms with Gasteiger partial charge in [-0.05, 0) is 43.7 Å². The predicted molar refractivity (Wildman–Crippen MR) is 99.4 cm³/mol. The van der Waals surface area contributed by atoms with E-state index in [4.69, 9.17) is 0 Å². The minimum atomic E-state index is -0.961. The number of aryl methyl sites for hydroxylation is 1. The van der Waals surface area contributed by atoms with Crippen molar-refractivity contribution in [1.82, 2.24) is 14.5 Å². The van der Waals surface area contributed by atoms with Crippen molar-refractivity contribution in [2.45, 2.75) is 57.7 Å². The second kappa shape index (κ2) is 6.79. The molecule has 7 heteroatoms. The van der Waals surface area contributed by atoms with E-state index < -0.39 is 12.0 Å². The number of carbonyl (C=O) groups excluding carboxylic acids is 1. The Morgan fingerprint density at radius 3 is 2.81 bits per heavy atom. The van der Waals surface area contributed by atoms with E-state index in [2.05, 4.69) is 4.98 Å². The highest BCUT2D eigenvalue weighted by Gasteiger charge is 2.47. The quantitative estimate of drug-likeness (QED) is 0.893. The van der Waals surface area contributed by atoms with Crippen LogP contribution in [0.1, 0.15) is 37.7 Å². The van der Waals surface area contributed by atoms with E-state index in [1.54, 1.807) is 12.1 Å². The molecule has 1 N–H and O–H groups in total. The zero-order valence-electron chi connectivity index (χ0n) is 15.3. The molecule has 3 atom stereocenters. The summed E-state index contributed by atoms with van der Waals surface area (Å²) in [6, 6.07) is 4.55. The van der Waals surface area contributed by atoms with Gasteiger partial charge in [-0.25, -0.2) is 9.78 Å². The van der Waals surface area contributed by atoms with Crippen molar-refractivity contribution < 1.29 is 14.7 Å². The fourth-order valence-electron chi connectivity index (χ4n) is 4.72. The molecule has 142 valence electrons. The van der Waals surface area contributed by atoms with Gasteiger partial charge in [-0.15, -0.1) is 0 Å². The van der Waals surface area contributed by atoms with E-state index in [9.17, 15) is 19.5 Å². The fourth-order valence-corrected chi connectivity index (χ4v) is 4.72. The van der Waals surface area contributed by atoms with Crippen LogP contribution in [0.2, 0.25) is 0 Å². The lowest BCUT2D eigenvalue weighted by Crippen LogP contribution is -2.48. The summed E-state index contributed by atoms with van der Waals surface area (Å²) in [6.07, 6.45) is 5.80. The Labute approximate surface area is 156 Å². The van der Waals surface area contributed by atoms with E-state index in [0.29, 0.717) is 17.3 Å². The van der Waals surface area contributed by atoms with Crippen LogP contribution in [-0.4, -0.2) is 43.5 Å². The number of rotatable bonds is 3. The number of hydrogen-bond donors (Lipinski definition) is 1. The Hall–Kier alpha value is -2.70. The van der Waals surface area contributed by atoms with E-state index in [-0.39, 0.29) is 30.0 Å². The van der Waals surface area contributed by atoms with Crippen LogP contribution >= 0.6 is 0 Å². The lowest BCUT2D eigenvalue weighted by molar-refractivity contribution is -0.150. The molecule has 1 saturated heterocycles. The molecular formula is C20H23N3O4.